The molecular formula is C25H17N3O6. The maximum absolute atomic E-state index is 13.7. The zero-order valence-electron chi connectivity index (χ0n) is 17.6. The van der Waals surface area contributed by atoms with Crippen LogP contribution in [0, 0.1) is 22.0 Å². The molecule has 3 aliphatic rings. The van der Waals surface area contributed by atoms with Crippen LogP contribution in [0.4, 0.5) is 17.1 Å². The van der Waals surface area contributed by atoms with Crippen LogP contribution in [0.2, 0.25) is 0 Å². The molecule has 168 valence electrons. The van der Waals surface area contributed by atoms with Gasteiger partial charge in [-0.25, -0.2) is 4.90 Å². The smallest absolute Gasteiger partial charge is 0.271 e. The third-order valence-electron chi connectivity index (χ3n) is 6.75. The van der Waals surface area contributed by atoms with Crippen LogP contribution in [0.5, 0.6) is 0 Å². The Labute approximate surface area is 193 Å². The van der Waals surface area contributed by atoms with Gasteiger partial charge in [0.25, 0.3) is 5.69 Å². The molecule has 0 bridgehead atoms. The normalized spacial score (nSPS) is 24.7. The number of furan rings is 1. The molecule has 3 aromatic rings. The number of Topliss-reactive ketones (excluding diaryl/α,β-unsaturated/α-hetero) is 1. The molecule has 0 spiro atoms. The van der Waals surface area contributed by atoms with Gasteiger partial charge >= 0.3 is 0 Å². The van der Waals surface area contributed by atoms with Crippen molar-refractivity contribution in [3.63, 3.8) is 0 Å². The van der Waals surface area contributed by atoms with Crippen LogP contribution in [0.15, 0.2) is 77.4 Å². The van der Waals surface area contributed by atoms with Gasteiger partial charge in [-0.3, -0.25) is 24.5 Å². The van der Waals surface area contributed by atoms with Crippen molar-refractivity contribution in [3.8, 4) is 0 Å². The van der Waals surface area contributed by atoms with E-state index in [0.717, 1.165) is 16.2 Å². The number of carbonyl (C=O) groups is 3. The number of amides is 2. The Kier molecular flexibility index (Phi) is 4.28. The second kappa shape index (κ2) is 7.24. The Bertz CT molecular complexity index is 1400. The average Bonchev–Trinajstić information content (AvgIpc) is 3.55. The molecule has 9 heteroatoms. The number of non-ortho nitro benzene ring substituents is 1. The minimum Gasteiger partial charge on any atom is -0.461 e. The second-order valence-corrected chi connectivity index (χ2v) is 8.44. The first-order valence-electron chi connectivity index (χ1n) is 10.7. The zero-order valence-corrected chi connectivity index (χ0v) is 17.6. The highest BCUT2D eigenvalue weighted by Gasteiger charge is 2.64. The summed E-state index contributed by atoms with van der Waals surface area (Å²) in [6.45, 7) is 0. The fourth-order valence-corrected chi connectivity index (χ4v) is 5.38. The summed E-state index contributed by atoms with van der Waals surface area (Å²) in [5.41, 5.74) is 1.53. The maximum atomic E-state index is 13.7. The van der Waals surface area contributed by atoms with Crippen LogP contribution in [0.3, 0.4) is 0 Å². The van der Waals surface area contributed by atoms with Crippen LogP contribution < -0.4 is 9.80 Å². The Morgan fingerprint density at radius 3 is 2.53 bits per heavy atom. The van der Waals surface area contributed by atoms with Gasteiger partial charge in [-0.2, -0.15) is 0 Å². The van der Waals surface area contributed by atoms with E-state index in [0.29, 0.717) is 0 Å². The van der Waals surface area contributed by atoms with E-state index in [9.17, 15) is 24.5 Å². The topological polar surface area (TPSA) is 114 Å². The third-order valence-corrected chi connectivity index (χ3v) is 6.75. The lowest BCUT2D eigenvalue weighted by molar-refractivity contribution is -0.384. The fourth-order valence-electron chi connectivity index (χ4n) is 5.38. The number of fused-ring (bicyclic) bond motifs is 5. The fraction of sp³-hybridized carbons (Fsp3) is 0.160. The van der Waals surface area contributed by atoms with Gasteiger partial charge < -0.3 is 9.32 Å². The van der Waals surface area contributed by atoms with Crippen molar-refractivity contribution in [1.82, 2.24) is 0 Å². The van der Waals surface area contributed by atoms with Crippen molar-refractivity contribution in [2.45, 2.75) is 12.1 Å². The molecule has 4 atom stereocenters. The Balaban J connectivity index is 1.49. The molecular weight excluding hydrogens is 438 g/mol. The van der Waals surface area contributed by atoms with Crippen molar-refractivity contribution in [3.05, 3.63) is 94.4 Å². The van der Waals surface area contributed by atoms with Crippen LogP contribution >= 0.6 is 0 Å². The predicted molar refractivity (Wildman–Crippen MR) is 121 cm³/mol. The molecule has 2 fully saturated rings. The number of nitro benzene ring substituents is 1. The van der Waals surface area contributed by atoms with Crippen LogP contribution in [0.1, 0.15) is 16.1 Å². The molecule has 3 aliphatic heterocycles. The van der Waals surface area contributed by atoms with E-state index in [-0.39, 0.29) is 17.1 Å². The van der Waals surface area contributed by atoms with Gasteiger partial charge in [0.1, 0.15) is 6.04 Å². The summed E-state index contributed by atoms with van der Waals surface area (Å²) in [4.78, 5) is 54.5. The lowest BCUT2D eigenvalue weighted by atomic mass is 9.87. The number of para-hydroxylation sites is 1. The summed E-state index contributed by atoms with van der Waals surface area (Å²) in [7, 11) is 0. The lowest BCUT2D eigenvalue weighted by Gasteiger charge is -2.36. The lowest BCUT2D eigenvalue weighted by Crippen LogP contribution is -2.48. The van der Waals surface area contributed by atoms with Gasteiger partial charge in [-0.05, 0) is 29.8 Å². The van der Waals surface area contributed by atoms with E-state index in [1.54, 1.807) is 6.07 Å². The monoisotopic (exact) mass is 455 g/mol. The van der Waals surface area contributed by atoms with Crippen LogP contribution in [-0.2, 0) is 9.59 Å². The molecule has 34 heavy (non-hydrogen) atoms. The number of ketones is 1. The Hall–Kier alpha value is -4.53. The highest BCUT2D eigenvalue weighted by atomic mass is 16.6. The third kappa shape index (κ3) is 2.70. The first-order chi connectivity index (χ1) is 16.5. The largest absolute Gasteiger partial charge is 0.461 e. The summed E-state index contributed by atoms with van der Waals surface area (Å²) < 4.78 is 5.36. The minimum absolute atomic E-state index is 0.102. The van der Waals surface area contributed by atoms with Gasteiger partial charge in [0, 0.05) is 17.8 Å². The SMILES string of the molecule is O=C(c1ccco1)C1C2C(=O)N(c3cccc([N+](=O)[O-])c3)C(=O)C2C2C=Cc3ccccc3N21. The second-order valence-electron chi connectivity index (χ2n) is 8.44. The number of hydrogen-bond acceptors (Lipinski definition) is 7. The predicted octanol–water partition coefficient (Wildman–Crippen LogP) is 3.46. The highest BCUT2D eigenvalue weighted by molar-refractivity contribution is 6.25. The van der Waals surface area contributed by atoms with Crippen LogP contribution in [0.25, 0.3) is 6.08 Å². The summed E-state index contributed by atoms with van der Waals surface area (Å²) in [5, 5.41) is 11.3. The number of imide groups is 1. The van der Waals surface area contributed by atoms with E-state index >= 15 is 0 Å². The maximum Gasteiger partial charge on any atom is 0.271 e. The minimum atomic E-state index is -0.967. The van der Waals surface area contributed by atoms with E-state index in [2.05, 4.69) is 0 Å². The first kappa shape index (κ1) is 20.1. The molecule has 6 rings (SSSR count). The van der Waals surface area contributed by atoms with E-state index in [1.165, 1.54) is 36.6 Å². The molecule has 4 unspecified atom stereocenters. The molecule has 4 heterocycles. The standard InChI is InChI=1S/C25H17N3O6/c29-23(19-9-4-12-34-19)22-21-20(18-11-10-14-5-1-2-8-17(14)27(18)22)24(30)26(25(21)31)15-6-3-7-16(13-15)28(32)33/h1-13,18,20-22H. The van der Waals surface area contributed by atoms with E-state index in [1.807, 2.05) is 41.3 Å². The molecule has 9 nitrogen and oxygen atoms in total. The molecule has 2 amide bonds. The summed E-state index contributed by atoms with van der Waals surface area (Å²) in [6, 6.07) is 14.5. The van der Waals surface area contributed by atoms with Crippen molar-refractivity contribution in [2.75, 3.05) is 9.80 Å². The highest BCUT2D eigenvalue weighted by Crippen LogP contribution is 2.49. The molecule has 0 radical (unpaired) electrons. The van der Waals surface area contributed by atoms with Gasteiger partial charge in [0.15, 0.2) is 5.76 Å². The van der Waals surface area contributed by atoms with Gasteiger partial charge in [-0.1, -0.05) is 36.4 Å². The van der Waals surface area contributed by atoms with Gasteiger partial charge in [0.05, 0.1) is 34.8 Å². The quantitative estimate of drug-likeness (QED) is 0.256. The van der Waals surface area contributed by atoms with Gasteiger partial charge in [0.2, 0.25) is 17.6 Å². The van der Waals surface area contributed by atoms with E-state index < -0.39 is 46.4 Å². The molecule has 0 aliphatic carbocycles. The summed E-state index contributed by atoms with van der Waals surface area (Å²) in [6.07, 6.45) is 5.12. The van der Waals surface area contributed by atoms with Crippen molar-refractivity contribution in [1.29, 1.82) is 0 Å². The molecule has 2 saturated heterocycles. The van der Waals surface area contributed by atoms with Crippen molar-refractivity contribution < 1.29 is 23.7 Å². The first-order valence-corrected chi connectivity index (χ1v) is 10.7. The number of carbonyl (C=O) groups excluding carboxylic acids is 3. The van der Waals surface area contributed by atoms with Crippen molar-refractivity contribution >= 4 is 40.7 Å². The Morgan fingerprint density at radius 2 is 1.76 bits per heavy atom. The summed E-state index contributed by atoms with van der Waals surface area (Å²) in [5.74, 6) is -3.12. The number of hydrogen-bond donors (Lipinski definition) is 0. The number of nitrogens with zero attached hydrogens (tertiary/aromatic N) is 3. The Morgan fingerprint density at radius 1 is 0.971 bits per heavy atom. The number of benzene rings is 2. The number of nitro groups is 1. The number of rotatable bonds is 4. The summed E-state index contributed by atoms with van der Waals surface area (Å²) >= 11 is 0. The zero-order chi connectivity index (χ0) is 23.6. The van der Waals surface area contributed by atoms with Crippen LogP contribution in [-0.4, -0.2) is 34.6 Å². The average molecular weight is 455 g/mol. The number of anilines is 2. The van der Waals surface area contributed by atoms with Gasteiger partial charge in [-0.15, -0.1) is 0 Å². The van der Waals surface area contributed by atoms with E-state index in [4.69, 9.17) is 4.42 Å². The molecule has 0 N–H and O–H groups in total. The molecule has 0 saturated carbocycles. The van der Waals surface area contributed by atoms with Crippen molar-refractivity contribution in [2.24, 2.45) is 11.8 Å². The molecule has 2 aromatic carbocycles. The molecule has 1 aromatic heterocycles.